The largest absolute Gasteiger partial charge is 0.385 e. The van der Waals surface area contributed by atoms with Crippen molar-refractivity contribution < 1.29 is 5.11 Å². The van der Waals surface area contributed by atoms with E-state index in [0.717, 1.165) is 4.90 Å². The zero-order chi connectivity index (χ0) is 18.6. The summed E-state index contributed by atoms with van der Waals surface area (Å²) in [7, 11) is 0. The number of benzene rings is 1. The highest BCUT2D eigenvalue weighted by atomic mass is 35.5. The van der Waals surface area contributed by atoms with Crippen molar-refractivity contribution in [3.63, 3.8) is 0 Å². The summed E-state index contributed by atoms with van der Waals surface area (Å²) in [6.45, 7) is 4.70. The Morgan fingerprint density at radius 3 is 2.00 bits per heavy atom. The molecule has 0 amide bonds. The second-order valence-corrected chi connectivity index (χ2v) is 8.33. The highest BCUT2D eigenvalue weighted by Gasteiger charge is 2.44. The average Bonchev–Trinajstić information content (AvgIpc) is 3.28. The maximum Gasteiger partial charge on any atom is 0.137 e. The van der Waals surface area contributed by atoms with Gasteiger partial charge in [0.25, 0.3) is 0 Å². The van der Waals surface area contributed by atoms with Crippen LogP contribution in [-0.2, 0) is 13.1 Å². The molecule has 0 spiro atoms. The zero-order valence-corrected chi connectivity index (χ0v) is 16.2. The van der Waals surface area contributed by atoms with Gasteiger partial charge in [-0.15, -0.1) is 11.8 Å². The van der Waals surface area contributed by atoms with Gasteiger partial charge in [0.1, 0.15) is 30.9 Å². The van der Waals surface area contributed by atoms with Crippen molar-refractivity contribution in [2.75, 3.05) is 5.75 Å². The maximum absolute atomic E-state index is 11.6. The number of thioether (sulfide) groups is 1. The van der Waals surface area contributed by atoms with E-state index >= 15 is 0 Å². The van der Waals surface area contributed by atoms with Crippen LogP contribution in [0.15, 0.2) is 54.5 Å². The molecule has 0 bridgehead atoms. The van der Waals surface area contributed by atoms with Crippen LogP contribution in [0.5, 0.6) is 0 Å². The van der Waals surface area contributed by atoms with Crippen molar-refractivity contribution in [2.24, 2.45) is 5.41 Å². The first-order valence-electron chi connectivity index (χ1n) is 8.14. The molecule has 0 fully saturated rings. The van der Waals surface area contributed by atoms with Crippen LogP contribution in [0, 0.1) is 5.41 Å². The van der Waals surface area contributed by atoms with Gasteiger partial charge in [-0.05, 0) is 24.3 Å². The van der Waals surface area contributed by atoms with E-state index in [1.165, 1.54) is 12.7 Å². The van der Waals surface area contributed by atoms with Crippen LogP contribution in [0.1, 0.15) is 13.8 Å². The minimum atomic E-state index is -1.10. The standard InChI is InChI=1S/C17H21ClN6OS/c1-16(2,9-26-15-5-3-14(18)4-6-15)17(25,7-23-12-19-10-21-23)8-24-13-20-11-22-24/h3-6,10-13,25H,7-9H2,1-2H3. The van der Waals surface area contributed by atoms with Gasteiger partial charge in [-0.25, -0.2) is 19.3 Å². The van der Waals surface area contributed by atoms with E-state index in [-0.39, 0.29) is 0 Å². The van der Waals surface area contributed by atoms with Crippen LogP contribution in [0.25, 0.3) is 0 Å². The number of hydrogen-bond acceptors (Lipinski definition) is 6. The summed E-state index contributed by atoms with van der Waals surface area (Å²) >= 11 is 7.63. The number of aromatic nitrogens is 6. The maximum atomic E-state index is 11.6. The van der Waals surface area contributed by atoms with Crippen molar-refractivity contribution >= 4 is 23.4 Å². The van der Waals surface area contributed by atoms with E-state index in [2.05, 4.69) is 20.2 Å². The number of halogens is 1. The Morgan fingerprint density at radius 2 is 1.54 bits per heavy atom. The van der Waals surface area contributed by atoms with Crippen molar-refractivity contribution in [2.45, 2.75) is 37.4 Å². The molecule has 3 rings (SSSR count). The summed E-state index contributed by atoms with van der Waals surface area (Å²) in [5, 5.41) is 20.6. The first kappa shape index (κ1) is 18.9. The van der Waals surface area contributed by atoms with Gasteiger partial charge in [-0.3, -0.25) is 0 Å². The van der Waals surface area contributed by atoms with Crippen LogP contribution in [0.3, 0.4) is 0 Å². The third-order valence-corrected chi connectivity index (χ3v) is 6.18. The second-order valence-electron chi connectivity index (χ2n) is 6.84. The normalized spacial score (nSPS) is 12.5. The molecule has 0 unspecified atom stereocenters. The van der Waals surface area contributed by atoms with Gasteiger partial charge in [-0.2, -0.15) is 10.2 Å². The predicted molar refractivity (Wildman–Crippen MR) is 101 cm³/mol. The topological polar surface area (TPSA) is 81.6 Å². The van der Waals surface area contributed by atoms with Gasteiger partial charge >= 0.3 is 0 Å². The first-order valence-corrected chi connectivity index (χ1v) is 9.50. The molecule has 7 nitrogen and oxygen atoms in total. The van der Waals surface area contributed by atoms with Crippen LogP contribution < -0.4 is 0 Å². The Bertz CT molecular complexity index is 768. The fourth-order valence-electron chi connectivity index (χ4n) is 2.57. The number of nitrogens with zero attached hydrogens (tertiary/aromatic N) is 6. The molecule has 0 aliphatic rings. The average molecular weight is 393 g/mol. The van der Waals surface area contributed by atoms with E-state index < -0.39 is 11.0 Å². The quantitative estimate of drug-likeness (QED) is 0.593. The molecule has 1 aromatic carbocycles. The summed E-state index contributed by atoms with van der Waals surface area (Å²) in [4.78, 5) is 9.05. The van der Waals surface area contributed by atoms with Crippen molar-refractivity contribution in [1.82, 2.24) is 29.5 Å². The molecule has 0 radical (unpaired) electrons. The van der Waals surface area contributed by atoms with Crippen LogP contribution >= 0.6 is 23.4 Å². The third kappa shape index (κ3) is 4.44. The highest BCUT2D eigenvalue weighted by Crippen LogP contribution is 2.39. The minimum Gasteiger partial charge on any atom is -0.385 e. The van der Waals surface area contributed by atoms with Gasteiger partial charge in [0.15, 0.2) is 0 Å². The molecule has 2 heterocycles. The Balaban J connectivity index is 1.79. The SMILES string of the molecule is CC(C)(CSc1ccc(Cl)cc1)C(O)(Cn1cncn1)Cn1cncn1. The summed E-state index contributed by atoms with van der Waals surface area (Å²) < 4.78 is 3.29. The van der Waals surface area contributed by atoms with E-state index in [1.807, 2.05) is 38.1 Å². The van der Waals surface area contributed by atoms with Crippen LogP contribution in [-0.4, -0.2) is 46.0 Å². The van der Waals surface area contributed by atoms with E-state index in [0.29, 0.717) is 23.9 Å². The molecule has 2 aromatic heterocycles. The summed E-state index contributed by atoms with van der Waals surface area (Å²) in [6, 6.07) is 7.70. The molecule has 0 aliphatic carbocycles. The Hall–Kier alpha value is -1.90. The lowest BCUT2D eigenvalue weighted by molar-refractivity contribution is -0.0860. The lowest BCUT2D eigenvalue weighted by Crippen LogP contribution is -2.52. The molecular formula is C17H21ClN6OS. The summed E-state index contributed by atoms with van der Waals surface area (Å²) in [6.07, 6.45) is 6.14. The van der Waals surface area contributed by atoms with E-state index in [1.54, 1.807) is 33.8 Å². The summed E-state index contributed by atoms with van der Waals surface area (Å²) in [5.74, 6) is 0.703. The monoisotopic (exact) mass is 392 g/mol. The highest BCUT2D eigenvalue weighted by molar-refractivity contribution is 7.99. The van der Waals surface area contributed by atoms with Crippen LogP contribution in [0.4, 0.5) is 0 Å². The number of hydrogen-bond donors (Lipinski definition) is 1. The van der Waals surface area contributed by atoms with Gasteiger partial charge in [-0.1, -0.05) is 25.4 Å². The van der Waals surface area contributed by atoms with E-state index in [4.69, 9.17) is 11.6 Å². The van der Waals surface area contributed by atoms with Crippen molar-refractivity contribution in [1.29, 1.82) is 0 Å². The number of aliphatic hydroxyl groups is 1. The Labute approximate surface area is 161 Å². The zero-order valence-electron chi connectivity index (χ0n) is 14.7. The molecular weight excluding hydrogens is 372 g/mol. The van der Waals surface area contributed by atoms with Crippen LogP contribution in [0.2, 0.25) is 5.02 Å². The first-order chi connectivity index (χ1) is 12.4. The second kappa shape index (κ2) is 7.77. The molecule has 9 heteroatoms. The molecule has 138 valence electrons. The molecule has 0 aliphatic heterocycles. The van der Waals surface area contributed by atoms with E-state index in [9.17, 15) is 5.11 Å². The van der Waals surface area contributed by atoms with Gasteiger partial charge in [0.05, 0.1) is 13.1 Å². The molecule has 0 saturated carbocycles. The molecule has 1 N–H and O–H groups in total. The van der Waals surface area contributed by atoms with Crippen molar-refractivity contribution in [3.8, 4) is 0 Å². The Morgan fingerprint density at radius 1 is 1.00 bits per heavy atom. The third-order valence-electron chi connectivity index (χ3n) is 4.45. The smallest absolute Gasteiger partial charge is 0.137 e. The molecule has 0 saturated heterocycles. The minimum absolute atomic E-state index is 0.307. The molecule has 26 heavy (non-hydrogen) atoms. The van der Waals surface area contributed by atoms with Gasteiger partial charge in [0.2, 0.25) is 0 Å². The lowest BCUT2D eigenvalue weighted by atomic mass is 9.76. The fourth-order valence-corrected chi connectivity index (χ4v) is 3.82. The predicted octanol–water partition coefficient (Wildman–Crippen LogP) is 2.77. The van der Waals surface area contributed by atoms with Gasteiger partial charge in [0, 0.05) is 21.1 Å². The molecule has 0 atom stereocenters. The fraction of sp³-hybridized carbons (Fsp3) is 0.412. The number of rotatable bonds is 8. The summed E-state index contributed by atoms with van der Waals surface area (Å²) in [5.41, 5.74) is -1.55. The lowest BCUT2D eigenvalue weighted by Gasteiger charge is -2.42. The molecule has 3 aromatic rings. The Kier molecular flexibility index (Phi) is 5.64. The van der Waals surface area contributed by atoms with Crippen molar-refractivity contribution in [3.05, 3.63) is 54.6 Å². The van der Waals surface area contributed by atoms with Gasteiger partial charge < -0.3 is 5.11 Å².